The van der Waals surface area contributed by atoms with E-state index in [0.29, 0.717) is 0 Å². The summed E-state index contributed by atoms with van der Waals surface area (Å²) < 4.78 is 0. The lowest BCUT2D eigenvalue weighted by Crippen LogP contribution is -2.40. The molecular weight excluding hydrogens is 206 g/mol. The van der Waals surface area contributed by atoms with Crippen LogP contribution in [0.15, 0.2) is 30.3 Å². The molecule has 1 aromatic carbocycles. The molecule has 0 saturated heterocycles. The quantitative estimate of drug-likeness (QED) is 0.815. The molecule has 0 heterocycles. The fourth-order valence-corrected chi connectivity index (χ4v) is 2.33. The summed E-state index contributed by atoms with van der Waals surface area (Å²) in [6.07, 6.45) is 4.10. The van der Waals surface area contributed by atoms with Crippen LogP contribution in [-0.2, 0) is 6.42 Å². The Hall–Kier alpha value is -0.820. The Morgan fingerprint density at radius 3 is 2.35 bits per heavy atom. The van der Waals surface area contributed by atoms with Gasteiger partial charge in [0.1, 0.15) is 0 Å². The fourth-order valence-electron chi connectivity index (χ4n) is 2.33. The van der Waals surface area contributed by atoms with E-state index in [2.05, 4.69) is 56.4 Å². The van der Waals surface area contributed by atoms with E-state index in [4.69, 9.17) is 0 Å². The minimum atomic E-state index is 0.240. The number of nitrogens with one attached hydrogen (secondary N) is 1. The molecule has 1 nitrogen and oxygen atoms in total. The van der Waals surface area contributed by atoms with Crippen LogP contribution >= 0.6 is 0 Å². The lowest BCUT2D eigenvalue weighted by atomic mass is 9.93. The highest BCUT2D eigenvalue weighted by molar-refractivity contribution is 5.16. The van der Waals surface area contributed by atoms with Gasteiger partial charge in [-0.25, -0.2) is 0 Å². The first-order valence-corrected chi connectivity index (χ1v) is 6.83. The Balaban J connectivity index is 1.89. The Morgan fingerprint density at radius 1 is 1.18 bits per heavy atom. The maximum atomic E-state index is 3.66. The largest absolute Gasteiger partial charge is 0.312 e. The maximum Gasteiger partial charge on any atom is 0.00966 e. The average Bonchev–Trinajstić information content (AvgIpc) is 3.08. The van der Waals surface area contributed by atoms with E-state index < -0.39 is 0 Å². The highest BCUT2D eigenvalue weighted by atomic mass is 14.9. The average molecular weight is 231 g/mol. The molecule has 0 radical (unpaired) electrons. The van der Waals surface area contributed by atoms with Crippen LogP contribution in [-0.4, -0.2) is 12.1 Å². The van der Waals surface area contributed by atoms with Crippen molar-refractivity contribution in [2.75, 3.05) is 6.54 Å². The SMILES string of the molecule is CC(C)(C)NCC(Cc1ccccc1)C1CC1. The van der Waals surface area contributed by atoms with Crippen molar-refractivity contribution in [3.8, 4) is 0 Å². The molecule has 1 heteroatoms. The zero-order valence-electron chi connectivity index (χ0n) is 11.4. The van der Waals surface area contributed by atoms with Gasteiger partial charge in [0.2, 0.25) is 0 Å². The first-order chi connectivity index (χ1) is 8.04. The van der Waals surface area contributed by atoms with Crippen LogP contribution in [0.4, 0.5) is 0 Å². The summed E-state index contributed by atoms with van der Waals surface area (Å²) in [6.45, 7) is 7.90. The van der Waals surface area contributed by atoms with Crippen molar-refractivity contribution >= 4 is 0 Å². The topological polar surface area (TPSA) is 12.0 Å². The highest BCUT2D eigenvalue weighted by Gasteiger charge is 2.31. The zero-order valence-corrected chi connectivity index (χ0v) is 11.4. The number of hydrogen-bond acceptors (Lipinski definition) is 1. The van der Waals surface area contributed by atoms with Gasteiger partial charge in [-0.1, -0.05) is 30.3 Å². The molecule has 1 aromatic rings. The van der Waals surface area contributed by atoms with E-state index in [1.807, 2.05) is 0 Å². The lowest BCUT2D eigenvalue weighted by Gasteiger charge is -2.25. The van der Waals surface area contributed by atoms with Crippen LogP contribution in [0.3, 0.4) is 0 Å². The van der Waals surface area contributed by atoms with Gasteiger partial charge in [-0.15, -0.1) is 0 Å². The molecule has 1 N–H and O–H groups in total. The Morgan fingerprint density at radius 2 is 1.82 bits per heavy atom. The zero-order chi connectivity index (χ0) is 12.3. The van der Waals surface area contributed by atoms with Gasteiger partial charge in [-0.2, -0.15) is 0 Å². The maximum absolute atomic E-state index is 3.66. The molecule has 94 valence electrons. The Kier molecular flexibility index (Phi) is 3.88. The van der Waals surface area contributed by atoms with Crippen molar-refractivity contribution in [3.63, 3.8) is 0 Å². The van der Waals surface area contributed by atoms with Crippen LogP contribution in [0.25, 0.3) is 0 Å². The van der Waals surface area contributed by atoms with Gasteiger partial charge in [0, 0.05) is 5.54 Å². The second-order valence-electron chi connectivity index (χ2n) is 6.42. The fraction of sp³-hybridized carbons (Fsp3) is 0.625. The molecule has 0 bridgehead atoms. The summed E-state index contributed by atoms with van der Waals surface area (Å²) in [7, 11) is 0. The van der Waals surface area contributed by atoms with E-state index in [9.17, 15) is 0 Å². The van der Waals surface area contributed by atoms with Gasteiger partial charge in [0.25, 0.3) is 0 Å². The van der Waals surface area contributed by atoms with E-state index >= 15 is 0 Å². The lowest BCUT2D eigenvalue weighted by molar-refractivity contribution is 0.346. The van der Waals surface area contributed by atoms with Crippen LogP contribution in [0, 0.1) is 11.8 Å². The molecular formula is C16H25N. The second-order valence-corrected chi connectivity index (χ2v) is 6.42. The number of rotatable bonds is 5. The molecule has 1 aliphatic carbocycles. The molecule has 1 fully saturated rings. The summed E-state index contributed by atoms with van der Waals surface area (Å²) >= 11 is 0. The van der Waals surface area contributed by atoms with Crippen molar-refractivity contribution in [2.24, 2.45) is 11.8 Å². The predicted molar refractivity (Wildman–Crippen MR) is 74.1 cm³/mol. The van der Waals surface area contributed by atoms with E-state index in [0.717, 1.165) is 18.4 Å². The molecule has 0 aliphatic heterocycles. The molecule has 1 unspecified atom stereocenters. The van der Waals surface area contributed by atoms with Gasteiger partial charge < -0.3 is 5.32 Å². The van der Waals surface area contributed by atoms with E-state index in [1.54, 1.807) is 0 Å². The smallest absolute Gasteiger partial charge is 0.00966 e. The van der Waals surface area contributed by atoms with Gasteiger partial charge in [0.15, 0.2) is 0 Å². The summed E-state index contributed by atoms with van der Waals surface area (Å²) in [5.74, 6) is 1.78. The molecule has 1 aliphatic rings. The van der Waals surface area contributed by atoms with Crippen LogP contribution in [0.2, 0.25) is 0 Å². The monoisotopic (exact) mass is 231 g/mol. The standard InChI is InChI=1S/C16H25N/c1-16(2,3)17-12-15(14-9-10-14)11-13-7-5-4-6-8-13/h4-8,14-15,17H,9-12H2,1-3H3. The summed E-state index contributed by atoms with van der Waals surface area (Å²) in [5.41, 5.74) is 1.73. The van der Waals surface area contributed by atoms with Crippen molar-refractivity contribution in [1.29, 1.82) is 0 Å². The van der Waals surface area contributed by atoms with Crippen molar-refractivity contribution < 1.29 is 0 Å². The van der Waals surface area contributed by atoms with Crippen molar-refractivity contribution in [3.05, 3.63) is 35.9 Å². The minimum absolute atomic E-state index is 0.240. The Labute approximate surface area is 106 Å². The van der Waals surface area contributed by atoms with Crippen LogP contribution in [0.5, 0.6) is 0 Å². The summed E-state index contributed by atoms with van der Waals surface area (Å²) in [5, 5.41) is 3.66. The van der Waals surface area contributed by atoms with Crippen molar-refractivity contribution in [1.82, 2.24) is 5.32 Å². The first kappa shape index (κ1) is 12.6. The second kappa shape index (κ2) is 5.22. The predicted octanol–water partition coefficient (Wildman–Crippen LogP) is 3.64. The molecule has 0 aromatic heterocycles. The third-order valence-electron chi connectivity index (χ3n) is 3.52. The Bertz CT molecular complexity index is 332. The van der Waals surface area contributed by atoms with Gasteiger partial charge in [-0.05, 0) is 64.0 Å². The van der Waals surface area contributed by atoms with Gasteiger partial charge in [-0.3, -0.25) is 0 Å². The van der Waals surface area contributed by atoms with E-state index in [-0.39, 0.29) is 5.54 Å². The van der Waals surface area contributed by atoms with Crippen LogP contribution in [0.1, 0.15) is 39.2 Å². The van der Waals surface area contributed by atoms with Crippen molar-refractivity contribution in [2.45, 2.75) is 45.6 Å². The van der Waals surface area contributed by atoms with Crippen LogP contribution < -0.4 is 5.32 Å². The van der Waals surface area contributed by atoms with E-state index in [1.165, 1.54) is 24.8 Å². The third-order valence-corrected chi connectivity index (χ3v) is 3.52. The molecule has 17 heavy (non-hydrogen) atoms. The first-order valence-electron chi connectivity index (χ1n) is 6.83. The minimum Gasteiger partial charge on any atom is -0.312 e. The normalized spacial score (nSPS) is 18.1. The van der Waals surface area contributed by atoms with Gasteiger partial charge in [0.05, 0.1) is 0 Å². The molecule has 0 amide bonds. The summed E-state index contributed by atoms with van der Waals surface area (Å²) in [6, 6.07) is 10.9. The third kappa shape index (κ3) is 4.51. The summed E-state index contributed by atoms with van der Waals surface area (Å²) in [4.78, 5) is 0. The number of hydrogen-bond donors (Lipinski definition) is 1. The molecule has 1 atom stereocenters. The van der Waals surface area contributed by atoms with Gasteiger partial charge >= 0.3 is 0 Å². The number of benzene rings is 1. The molecule has 0 spiro atoms. The highest BCUT2D eigenvalue weighted by Crippen LogP contribution is 2.38. The molecule has 1 saturated carbocycles. The molecule has 2 rings (SSSR count).